The van der Waals surface area contributed by atoms with Crippen LogP contribution in [-0.4, -0.2) is 28.9 Å². The van der Waals surface area contributed by atoms with Crippen molar-refractivity contribution in [3.8, 4) is 11.5 Å². The maximum absolute atomic E-state index is 12.5. The van der Waals surface area contributed by atoms with Gasteiger partial charge in [0.1, 0.15) is 6.54 Å². The molecule has 3 aromatic heterocycles. The van der Waals surface area contributed by atoms with Crippen molar-refractivity contribution in [2.24, 2.45) is 14.1 Å². The summed E-state index contributed by atoms with van der Waals surface area (Å²) >= 11 is 9.57. The van der Waals surface area contributed by atoms with Gasteiger partial charge < -0.3 is 4.42 Å². The zero-order chi connectivity index (χ0) is 19.3. The van der Waals surface area contributed by atoms with Gasteiger partial charge in [0, 0.05) is 24.1 Å². The summed E-state index contributed by atoms with van der Waals surface area (Å²) in [5.41, 5.74) is 0.162. The van der Waals surface area contributed by atoms with Crippen LogP contribution in [0.3, 0.4) is 0 Å². The zero-order valence-electron chi connectivity index (χ0n) is 14.2. The molecule has 0 saturated carbocycles. The first-order chi connectivity index (χ1) is 12.9. The molecule has 4 aromatic rings. The van der Waals surface area contributed by atoms with Gasteiger partial charge in [-0.05, 0) is 35.9 Å². The van der Waals surface area contributed by atoms with Crippen LogP contribution in [0.4, 0.5) is 0 Å². The molecule has 0 fully saturated rings. The quantitative estimate of drug-likeness (QED) is 0.441. The maximum Gasteiger partial charge on any atom is 0.332 e. The fraction of sp³-hybridized carbons (Fsp3) is 0.188. The lowest BCUT2D eigenvalue weighted by molar-refractivity contribution is 0.491. The molecule has 0 aliphatic heterocycles. The molecular formula is C16H12BrClN6O3. The average molecular weight is 452 g/mol. The topological polar surface area (TPSA) is 101 Å². The third kappa shape index (κ3) is 2.90. The van der Waals surface area contributed by atoms with Crippen LogP contribution in [0.25, 0.3) is 22.6 Å². The van der Waals surface area contributed by atoms with Gasteiger partial charge in [-0.2, -0.15) is 4.98 Å². The third-order valence-electron chi connectivity index (χ3n) is 4.15. The van der Waals surface area contributed by atoms with Crippen molar-refractivity contribution < 1.29 is 4.42 Å². The summed E-state index contributed by atoms with van der Waals surface area (Å²) in [4.78, 5) is 28.7. The molecule has 27 heavy (non-hydrogen) atoms. The lowest BCUT2D eigenvalue weighted by Crippen LogP contribution is -2.37. The smallest absolute Gasteiger partial charge is 0.332 e. The Balaban J connectivity index is 1.79. The second-order valence-corrected chi connectivity index (χ2v) is 7.11. The molecule has 0 atom stereocenters. The van der Waals surface area contributed by atoms with Crippen molar-refractivity contribution in [1.29, 1.82) is 0 Å². The van der Waals surface area contributed by atoms with Crippen molar-refractivity contribution in [1.82, 2.24) is 28.9 Å². The van der Waals surface area contributed by atoms with Gasteiger partial charge in [-0.15, -0.1) is 10.2 Å². The predicted molar refractivity (Wildman–Crippen MR) is 102 cm³/mol. The van der Waals surface area contributed by atoms with Crippen molar-refractivity contribution in [3.05, 3.63) is 60.8 Å². The van der Waals surface area contributed by atoms with Gasteiger partial charge in [-0.3, -0.25) is 18.5 Å². The van der Waals surface area contributed by atoms with Gasteiger partial charge in [0.2, 0.25) is 17.1 Å². The maximum atomic E-state index is 12.5. The summed E-state index contributed by atoms with van der Waals surface area (Å²) in [6.07, 6.45) is 0. The number of benzene rings is 1. The summed E-state index contributed by atoms with van der Waals surface area (Å²) in [7, 11) is 2.92. The minimum absolute atomic E-state index is 0.0479. The van der Waals surface area contributed by atoms with Gasteiger partial charge in [0.05, 0.1) is 0 Å². The fourth-order valence-electron chi connectivity index (χ4n) is 2.73. The van der Waals surface area contributed by atoms with Gasteiger partial charge in [-0.25, -0.2) is 4.79 Å². The molecule has 1 aromatic carbocycles. The van der Waals surface area contributed by atoms with Crippen LogP contribution < -0.4 is 11.2 Å². The van der Waals surface area contributed by atoms with E-state index < -0.39 is 11.2 Å². The Morgan fingerprint density at radius 3 is 2.52 bits per heavy atom. The molecule has 0 unspecified atom stereocenters. The van der Waals surface area contributed by atoms with Crippen molar-refractivity contribution in [2.75, 3.05) is 0 Å². The molecular weight excluding hydrogens is 440 g/mol. The highest BCUT2D eigenvalue weighted by molar-refractivity contribution is 9.10. The molecule has 0 spiro atoms. The van der Waals surface area contributed by atoms with Crippen molar-refractivity contribution in [3.63, 3.8) is 0 Å². The Morgan fingerprint density at radius 2 is 1.81 bits per heavy atom. The summed E-state index contributed by atoms with van der Waals surface area (Å²) in [5.74, 6) is 0.600. The van der Waals surface area contributed by atoms with E-state index >= 15 is 0 Å². The predicted octanol–water partition coefficient (Wildman–Crippen LogP) is 1.95. The molecule has 0 aliphatic carbocycles. The molecule has 11 heteroatoms. The van der Waals surface area contributed by atoms with Crippen LogP contribution in [0, 0.1) is 0 Å². The highest BCUT2D eigenvalue weighted by atomic mass is 79.9. The minimum Gasteiger partial charge on any atom is -0.419 e. The van der Waals surface area contributed by atoms with Crippen LogP contribution in [0.5, 0.6) is 0 Å². The summed E-state index contributed by atoms with van der Waals surface area (Å²) in [5, 5.41) is 8.10. The van der Waals surface area contributed by atoms with Crippen LogP contribution in [-0.2, 0) is 20.6 Å². The molecule has 4 rings (SSSR count). The molecule has 0 amide bonds. The van der Waals surface area contributed by atoms with Gasteiger partial charge in [0.15, 0.2) is 11.2 Å². The second-order valence-electron chi connectivity index (χ2n) is 5.85. The Kier molecular flexibility index (Phi) is 4.23. The molecule has 0 bridgehead atoms. The van der Waals surface area contributed by atoms with Gasteiger partial charge in [0.25, 0.3) is 5.56 Å². The largest absolute Gasteiger partial charge is 0.419 e. The van der Waals surface area contributed by atoms with E-state index in [0.717, 1.165) is 14.6 Å². The second kappa shape index (κ2) is 6.46. The highest BCUT2D eigenvalue weighted by Gasteiger charge is 2.20. The van der Waals surface area contributed by atoms with Crippen LogP contribution >= 0.6 is 27.5 Å². The third-order valence-corrected chi connectivity index (χ3v) is 4.97. The van der Waals surface area contributed by atoms with E-state index in [4.69, 9.17) is 16.0 Å². The first-order valence-electron chi connectivity index (χ1n) is 7.77. The molecule has 0 aliphatic rings. The average Bonchev–Trinajstić information content (AvgIpc) is 3.24. The summed E-state index contributed by atoms with van der Waals surface area (Å²) < 4.78 is 10.3. The van der Waals surface area contributed by atoms with E-state index in [2.05, 4.69) is 31.1 Å². The number of nitrogens with zero attached hydrogens (tertiary/aromatic N) is 6. The Bertz CT molecular complexity index is 1280. The molecule has 138 valence electrons. The van der Waals surface area contributed by atoms with E-state index in [0.29, 0.717) is 5.89 Å². The van der Waals surface area contributed by atoms with Crippen molar-refractivity contribution in [2.45, 2.75) is 6.54 Å². The van der Waals surface area contributed by atoms with E-state index in [9.17, 15) is 9.59 Å². The van der Waals surface area contributed by atoms with Crippen LogP contribution in [0.15, 0.2) is 42.7 Å². The zero-order valence-corrected chi connectivity index (χ0v) is 16.5. The van der Waals surface area contributed by atoms with Crippen molar-refractivity contribution >= 4 is 38.7 Å². The first-order valence-corrected chi connectivity index (χ1v) is 8.94. The van der Waals surface area contributed by atoms with Crippen LogP contribution in [0.2, 0.25) is 5.28 Å². The van der Waals surface area contributed by atoms with E-state index in [1.807, 2.05) is 24.3 Å². The standard InChI is InChI=1S/C16H12BrClN6O3/c1-22-12-11(14(25)23(2)16(22)26)24(15(18)19-12)7-10-20-21-13(27-10)8-3-5-9(17)6-4-8/h3-6H,7H2,1-2H3. The van der Waals surface area contributed by atoms with Crippen LogP contribution in [0.1, 0.15) is 5.89 Å². The van der Waals surface area contributed by atoms with E-state index in [1.165, 1.54) is 23.2 Å². The number of aryl methyl sites for hydroxylation is 1. The number of aromatic nitrogens is 6. The fourth-order valence-corrected chi connectivity index (χ4v) is 3.21. The number of imidazole rings is 1. The summed E-state index contributed by atoms with van der Waals surface area (Å²) in [6, 6.07) is 7.41. The highest BCUT2D eigenvalue weighted by Crippen LogP contribution is 2.22. The molecule has 9 nitrogen and oxygen atoms in total. The normalized spacial score (nSPS) is 11.4. The van der Waals surface area contributed by atoms with E-state index in [-0.39, 0.29) is 28.9 Å². The number of hydrogen-bond donors (Lipinski definition) is 0. The number of rotatable bonds is 3. The number of halogens is 2. The minimum atomic E-state index is -0.500. The molecule has 0 saturated heterocycles. The number of fused-ring (bicyclic) bond motifs is 1. The Hall–Kier alpha value is -2.72. The first kappa shape index (κ1) is 17.7. The van der Waals surface area contributed by atoms with Gasteiger partial charge >= 0.3 is 5.69 Å². The van der Waals surface area contributed by atoms with E-state index in [1.54, 1.807) is 0 Å². The van der Waals surface area contributed by atoms with Gasteiger partial charge in [-0.1, -0.05) is 15.9 Å². The lowest BCUT2D eigenvalue weighted by Gasteiger charge is -2.05. The molecule has 0 N–H and O–H groups in total. The molecule has 3 heterocycles. The number of hydrogen-bond acceptors (Lipinski definition) is 6. The monoisotopic (exact) mass is 450 g/mol. The molecule has 0 radical (unpaired) electrons. The Labute approximate surface area is 165 Å². The lowest BCUT2D eigenvalue weighted by atomic mass is 10.2. The Morgan fingerprint density at radius 1 is 1.11 bits per heavy atom. The summed E-state index contributed by atoms with van der Waals surface area (Å²) in [6.45, 7) is 0.0479. The SMILES string of the molecule is Cn1c(=O)c2c(nc(Cl)n2Cc2nnc(-c3ccc(Br)cc3)o2)n(C)c1=O.